The molecule has 0 aliphatic rings. The van der Waals surface area contributed by atoms with E-state index in [1.165, 1.54) is 7.11 Å². The lowest BCUT2D eigenvalue weighted by atomic mass is 10.4. The van der Waals surface area contributed by atoms with Gasteiger partial charge in [0.1, 0.15) is 6.04 Å². The van der Waals surface area contributed by atoms with Crippen LogP contribution in [-0.2, 0) is 9.53 Å². The minimum absolute atomic E-state index is 0.346. The van der Waals surface area contributed by atoms with Crippen LogP contribution in [0.4, 0.5) is 0 Å². The van der Waals surface area contributed by atoms with Crippen molar-refractivity contribution in [1.82, 2.24) is 4.84 Å². The van der Waals surface area contributed by atoms with E-state index in [2.05, 4.69) is 16.2 Å². The van der Waals surface area contributed by atoms with Gasteiger partial charge in [0.25, 0.3) is 0 Å². The summed E-state index contributed by atoms with van der Waals surface area (Å²) in [6.07, 6.45) is 1.77. The van der Waals surface area contributed by atoms with Crippen LogP contribution in [0.2, 0.25) is 0 Å². The maximum atomic E-state index is 10.9. The number of nitrogens with one attached hydrogen (secondary N) is 1. The molecule has 0 saturated heterocycles. The van der Waals surface area contributed by atoms with Gasteiger partial charge in [-0.3, -0.25) is 4.79 Å². The molecule has 5 heteroatoms. The monoisotopic (exact) mass is 209 g/mol. The SMILES string of the molecule is C=CCSCC(NCl)C(=O)OC. The zero-order valence-electron chi connectivity index (χ0n) is 6.88. The first-order chi connectivity index (χ1) is 5.76. The maximum Gasteiger partial charge on any atom is 0.324 e. The molecule has 0 radical (unpaired) electrons. The number of rotatable bonds is 6. The quantitative estimate of drug-likeness (QED) is 0.309. The predicted octanol–water partition coefficient (Wildman–Crippen LogP) is 1.19. The molecule has 0 fully saturated rings. The molecule has 0 bridgehead atoms. The molecule has 0 aromatic carbocycles. The second-order valence-electron chi connectivity index (χ2n) is 2.01. The highest BCUT2D eigenvalue weighted by atomic mass is 35.5. The highest BCUT2D eigenvalue weighted by Gasteiger charge is 2.16. The van der Waals surface area contributed by atoms with E-state index >= 15 is 0 Å². The van der Waals surface area contributed by atoms with E-state index in [0.717, 1.165) is 5.75 Å². The predicted molar refractivity (Wildman–Crippen MR) is 52.3 cm³/mol. The van der Waals surface area contributed by atoms with Crippen LogP contribution >= 0.6 is 23.5 Å². The standard InChI is InChI=1S/C7H12ClNO2S/c1-3-4-12-5-6(9-8)7(10)11-2/h3,6,9H,1,4-5H2,2H3. The highest BCUT2D eigenvalue weighted by molar-refractivity contribution is 7.99. The summed E-state index contributed by atoms with van der Waals surface area (Å²) in [6.45, 7) is 3.56. The van der Waals surface area contributed by atoms with Gasteiger partial charge >= 0.3 is 5.97 Å². The van der Waals surface area contributed by atoms with Gasteiger partial charge in [-0.1, -0.05) is 6.08 Å². The molecule has 0 rings (SSSR count). The summed E-state index contributed by atoms with van der Waals surface area (Å²) in [5.74, 6) is 1.04. The molecule has 0 spiro atoms. The smallest absolute Gasteiger partial charge is 0.324 e. The molecule has 1 N–H and O–H groups in total. The molecular formula is C7H12ClNO2S. The van der Waals surface area contributed by atoms with Gasteiger partial charge in [-0.15, -0.1) is 6.58 Å². The lowest BCUT2D eigenvalue weighted by Gasteiger charge is -2.10. The summed E-state index contributed by atoms with van der Waals surface area (Å²) in [5, 5.41) is 0. The number of thioether (sulfide) groups is 1. The van der Waals surface area contributed by atoms with Crippen LogP contribution in [-0.4, -0.2) is 30.6 Å². The fourth-order valence-electron chi connectivity index (χ4n) is 0.556. The normalized spacial score (nSPS) is 12.2. The third-order valence-corrected chi connectivity index (χ3v) is 2.44. The van der Waals surface area contributed by atoms with Gasteiger partial charge in [0, 0.05) is 11.5 Å². The van der Waals surface area contributed by atoms with Gasteiger partial charge in [-0.05, 0) is 11.8 Å². The van der Waals surface area contributed by atoms with E-state index in [1.54, 1.807) is 17.8 Å². The van der Waals surface area contributed by atoms with Crippen molar-refractivity contribution in [3.63, 3.8) is 0 Å². The Hall–Kier alpha value is -0.190. The van der Waals surface area contributed by atoms with Crippen molar-refractivity contribution in [3.8, 4) is 0 Å². The first-order valence-electron chi connectivity index (χ1n) is 3.38. The molecule has 0 aromatic heterocycles. The summed E-state index contributed by atoms with van der Waals surface area (Å²) < 4.78 is 4.51. The van der Waals surface area contributed by atoms with Crippen molar-refractivity contribution in [2.45, 2.75) is 6.04 Å². The van der Waals surface area contributed by atoms with E-state index < -0.39 is 6.04 Å². The molecule has 3 nitrogen and oxygen atoms in total. The van der Waals surface area contributed by atoms with Gasteiger partial charge in [0.15, 0.2) is 0 Å². The zero-order chi connectivity index (χ0) is 9.40. The summed E-state index contributed by atoms with van der Waals surface area (Å²) in [6, 6.07) is -0.443. The van der Waals surface area contributed by atoms with Gasteiger partial charge < -0.3 is 4.74 Å². The Kier molecular flexibility index (Phi) is 7.34. The zero-order valence-corrected chi connectivity index (χ0v) is 8.45. The summed E-state index contributed by atoms with van der Waals surface area (Å²) in [4.78, 5) is 13.3. The Balaban J connectivity index is 3.66. The molecule has 0 saturated carbocycles. The molecule has 0 aromatic rings. The number of carbonyl (C=O) groups excluding carboxylic acids is 1. The van der Waals surface area contributed by atoms with Crippen molar-refractivity contribution < 1.29 is 9.53 Å². The molecule has 1 atom stereocenters. The Morgan fingerprint density at radius 3 is 3.00 bits per heavy atom. The fraction of sp³-hybridized carbons (Fsp3) is 0.571. The van der Waals surface area contributed by atoms with Crippen LogP contribution in [0.3, 0.4) is 0 Å². The van der Waals surface area contributed by atoms with Crippen LogP contribution in [0.5, 0.6) is 0 Å². The number of carbonyl (C=O) groups is 1. The third kappa shape index (κ3) is 4.64. The van der Waals surface area contributed by atoms with E-state index in [4.69, 9.17) is 11.8 Å². The summed E-state index contributed by atoms with van der Waals surface area (Å²) >= 11 is 6.89. The number of methoxy groups -OCH3 is 1. The maximum absolute atomic E-state index is 10.9. The third-order valence-electron chi connectivity index (χ3n) is 1.14. The average Bonchev–Trinajstić information content (AvgIpc) is 2.11. The van der Waals surface area contributed by atoms with Crippen LogP contribution in [0.25, 0.3) is 0 Å². The van der Waals surface area contributed by atoms with Crippen molar-refractivity contribution in [2.75, 3.05) is 18.6 Å². The largest absolute Gasteiger partial charge is 0.468 e. The van der Waals surface area contributed by atoms with E-state index in [0.29, 0.717) is 5.75 Å². The van der Waals surface area contributed by atoms with Crippen LogP contribution in [0.15, 0.2) is 12.7 Å². The van der Waals surface area contributed by atoms with Crippen LogP contribution in [0, 0.1) is 0 Å². The molecular weight excluding hydrogens is 198 g/mol. The number of hydrogen-bond acceptors (Lipinski definition) is 4. The minimum Gasteiger partial charge on any atom is -0.468 e. The number of halogens is 1. The topological polar surface area (TPSA) is 38.3 Å². The molecule has 0 heterocycles. The van der Waals surface area contributed by atoms with E-state index in [1.807, 2.05) is 0 Å². The van der Waals surface area contributed by atoms with Crippen molar-refractivity contribution in [3.05, 3.63) is 12.7 Å². The Morgan fingerprint density at radius 1 is 1.92 bits per heavy atom. The van der Waals surface area contributed by atoms with Gasteiger partial charge in [-0.25, -0.2) is 4.84 Å². The number of hydrogen-bond donors (Lipinski definition) is 1. The lowest BCUT2D eigenvalue weighted by molar-refractivity contribution is -0.141. The molecule has 12 heavy (non-hydrogen) atoms. The van der Waals surface area contributed by atoms with Crippen molar-refractivity contribution in [2.24, 2.45) is 0 Å². The number of ether oxygens (including phenoxy) is 1. The molecule has 0 amide bonds. The van der Waals surface area contributed by atoms with E-state index in [9.17, 15) is 4.79 Å². The van der Waals surface area contributed by atoms with Gasteiger partial charge in [-0.2, -0.15) is 11.8 Å². The summed E-state index contributed by atoms with van der Waals surface area (Å²) in [7, 11) is 1.34. The molecule has 0 aliphatic carbocycles. The number of esters is 1. The average molecular weight is 210 g/mol. The fourth-order valence-corrected chi connectivity index (χ4v) is 1.57. The van der Waals surface area contributed by atoms with E-state index in [-0.39, 0.29) is 5.97 Å². The Morgan fingerprint density at radius 2 is 2.58 bits per heavy atom. The first kappa shape index (κ1) is 11.8. The molecule has 0 aliphatic heterocycles. The molecule has 70 valence electrons. The second-order valence-corrected chi connectivity index (χ2v) is 3.30. The minimum atomic E-state index is -0.443. The molecule has 1 unspecified atom stereocenters. The van der Waals surface area contributed by atoms with Crippen LogP contribution < -0.4 is 4.84 Å². The first-order valence-corrected chi connectivity index (χ1v) is 4.92. The van der Waals surface area contributed by atoms with Crippen molar-refractivity contribution in [1.29, 1.82) is 0 Å². The highest BCUT2D eigenvalue weighted by Crippen LogP contribution is 2.04. The van der Waals surface area contributed by atoms with Crippen LogP contribution in [0.1, 0.15) is 0 Å². The lowest BCUT2D eigenvalue weighted by Crippen LogP contribution is -2.34. The summed E-state index contributed by atoms with van der Waals surface area (Å²) in [5.41, 5.74) is 0. The van der Waals surface area contributed by atoms with Gasteiger partial charge in [0.05, 0.1) is 7.11 Å². The Labute approximate surface area is 81.6 Å². The Bertz CT molecular complexity index is 154. The second kappa shape index (κ2) is 7.46. The van der Waals surface area contributed by atoms with Crippen molar-refractivity contribution >= 4 is 29.5 Å². The van der Waals surface area contributed by atoms with Gasteiger partial charge in [0.2, 0.25) is 0 Å².